The Labute approximate surface area is 193 Å². The lowest BCUT2D eigenvalue weighted by molar-refractivity contribution is -0.120. The topological polar surface area (TPSA) is 71.1 Å². The second kappa shape index (κ2) is 11.0. The number of hydrogen-bond donors (Lipinski definition) is 2. The smallest absolute Gasteiger partial charge is 0.243 e. The van der Waals surface area contributed by atoms with Crippen LogP contribution in [0, 0.1) is 5.92 Å². The number of hydrogen-bond acceptors (Lipinski definition) is 4. The van der Waals surface area contributed by atoms with Crippen LogP contribution in [-0.2, 0) is 9.59 Å². The van der Waals surface area contributed by atoms with Crippen molar-refractivity contribution in [3.8, 4) is 0 Å². The summed E-state index contributed by atoms with van der Waals surface area (Å²) in [4.78, 5) is 30.9. The first kappa shape index (κ1) is 22.1. The molecule has 164 valence electrons. The van der Waals surface area contributed by atoms with Gasteiger partial charge in [0, 0.05) is 22.7 Å². The number of carbonyl (C=O) groups excluding carboxylic acids is 2. The molecular weight excluding hydrogens is 418 g/mol. The van der Waals surface area contributed by atoms with Gasteiger partial charge in [-0.05, 0) is 48.7 Å². The van der Waals surface area contributed by atoms with Crippen LogP contribution in [0.15, 0.2) is 83.9 Å². The molecule has 2 N–H and O–H groups in total. The first-order chi connectivity index (χ1) is 15.7. The van der Waals surface area contributed by atoms with Gasteiger partial charge in [0.1, 0.15) is 11.1 Å². The number of amides is 2. The number of nitrogens with one attached hydrogen (secondary N) is 2. The molecule has 0 bridgehead atoms. The summed E-state index contributed by atoms with van der Waals surface area (Å²) >= 11 is 1.45. The van der Waals surface area contributed by atoms with Gasteiger partial charge in [-0.25, -0.2) is 4.98 Å². The average molecular weight is 446 g/mol. The molecule has 1 atom stereocenters. The van der Waals surface area contributed by atoms with Crippen molar-refractivity contribution in [2.24, 2.45) is 5.92 Å². The Morgan fingerprint density at radius 2 is 1.66 bits per heavy atom. The van der Waals surface area contributed by atoms with Gasteiger partial charge in [-0.1, -0.05) is 61.7 Å². The fraction of sp³-hybridized carbons (Fsp3) is 0.269. The molecule has 6 heteroatoms. The summed E-state index contributed by atoms with van der Waals surface area (Å²) in [7, 11) is 0. The van der Waals surface area contributed by atoms with Gasteiger partial charge < -0.3 is 10.6 Å². The molecule has 4 rings (SSSR count). The van der Waals surface area contributed by atoms with Crippen LogP contribution in [0.2, 0.25) is 0 Å². The molecule has 0 aliphatic heterocycles. The minimum atomic E-state index is -0.456. The Kier molecular flexibility index (Phi) is 7.56. The molecule has 0 radical (unpaired) electrons. The first-order valence-corrected chi connectivity index (χ1v) is 11.9. The van der Waals surface area contributed by atoms with Gasteiger partial charge in [0.25, 0.3) is 0 Å². The van der Waals surface area contributed by atoms with Gasteiger partial charge in [0.05, 0.1) is 0 Å². The van der Waals surface area contributed by atoms with Crippen molar-refractivity contribution in [1.29, 1.82) is 0 Å². The molecule has 2 aromatic carbocycles. The molecule has 0 saturated heterocycles. The second-order valence-corrected chi connectivity index (χ2v) is 9.14. The molecule has 1 aliphatic carbocycles. The average Bonchev–Trinajstić information content (AvgIpc) is 2.84. The number of thioether (sulfide) groups is 1. The zero-order valence-electron chi connectivity index (χ0n) is 17.9. The fourth-order valence-corrected chi connectivity index (χ4v) is 5.01. The standard InChI is InChI=1S/C26H27N3O2S/c30-25(20-12-5-2-6-13-20)28-21-14-9-15-22(18-21)32-24(19-10-3-1-4-11-19)26(31)29-23-16-7-8-17-27-23/h1,3-4,7-11,14-18,20,24H,2,5-6,12-13H2,(H,28,30)(H,27,29,31). The fourth-order valence-electron chi connectivity index (χ4n) is 3.92. The highest BCUT2D eigenvalue weighted by atomic mass is 32.2. The zero-order chi connectivity index (χ0) is 22.2. The van der Waals surface area contributed by atoms with E-state index in [1.54, 1.807) is 12.3 Å². The Bertz CT molecular complexity index is 1040. The molecule has 32 heavy (non-hydrogen) atoms. The van der Waals surface area contributed by atoms with Gasteiger partial charge in [-0.2, -0.15) is 0 Å². The summed E-state index contributed by atoms with van der Waals surface area (Å²) in [6.07, 6.45) is 7.04. The highest BCUT2D eigenvalue weighted by Crippen LogP contribution is 2.37. The summed E-state index contributed by atoms with van der Waals surface area (Å²) in [6.45, 7) is 0. The maximum atomic E-state index is 13.1. The number of rotatable bonds is 7. The van der Waals surface area contributed by atoms with E-state index in [1.165, 1.54) is 18.2 Å². The summed E-state index contributed by atoms with van der Waals surface area (Å²) in [5.41, 5.74) is 1.67. The number of carbonyl (C=O) groups is 2. The number of anilines is 2. The van der Waals surface area contributed by atoms with Crippen LogP contribution in [0.5, 0.6) is 0 Å². The quantitative estimate of drug-likeness (QED) is 0.433. The number of pyridine rings is 1. The van der Waals surface area contributed by atoms with E-state index in [0.29, 0.717) is 5.82 Å². The van der Waals surface area contributed by atoms with Crippen LogP contribution in [-0.4, -0.2) is 16.8 Å². The number of nitrogens with zero attached hydrogens (tertiary/aromatic N) is 1. The van der Waals surface area contributed by atoms with E-state index >= 15 is 0 Å². The third-order valence-electron chi connectivity index (χ3n) is 5.59. The van der Waals surface area contributed by atoms with Crippen molar-refractivity contribution in [3.05, 3.63) is 84.6 Å². The monoisotopic (exact) mass is 445 g/mol. The maximum absolute atomic E-state index is 13.1. The molecule has 1 heterocycles. The molecule has 1 unspecified atom stereocenters. The van der Waals surface area contributed by atoms with Crippen molar-refractivity contribution in [3.63, 3.8) is 0 Å². The molecule has 5 nitrogen and oxygen atoms in total. The van der Waals surface area contributed by atoms with Crippen molar-refractivity contribution in [2.45, 2.75) is 42.2 Å². The highest BCUT2D eigenvalue weighted by Gasteiger charge is 2.24. The van der Waals surface area contributed by atoms with Gasteiger partial charge in [0.2, 0.25) is 11.8 Å². The van der Waals surface area contributed by atoms with Crippen LogP contribution in [0.3, 0.4) is 0 Å². The van der Waals surface area contributed by atoms with Gasteiger partial charge in [-0.15, -0.1) is 11.8 Å². The van der Waals surface area contributed by atoms with Gasteiger partial charge in [-0.3, -0.25) is 9.59 Å². The predicted octanol–water partition coefficient (Wildman–Crippen LogP) is 6.07. The van der Waals surface area contributed by atoms with Crippen molar-refractivity contribution in [1.82, 2.24) is 4.98 Å². The third-order valence-corrected chi connectivity index (χ3v) is 6.84. The normalized spacial score (nSPS) is 15.0. The molecule has 0 spiro atoms. The minimum absolute atomic E-state index is 0.0966. The lowest BCUT2D eigenvalue weighted by Crippen LogP contribution is -2.24. The number of aromatic nitrogens is 1. The summed E-state index contributed by atoms with van der Waals surface area (Å²) < 4.78 is 0. The van der Waals surface area contributed by atoms with Gasteiger partial charge >= 0.3 is 0 Å². The van der Waals surface area contributed by atoms with E-state index in [9.17, 15) is 9.59 Å². The SMILES string of the molecule is O=C(Nc1cccc(SC(C(=O)Nc2ccccn2)c2ccccc2)c1)C1CCCCC1. The third kappa shape index (κ3) is 5.98. The highest BCUT2D eigenvalue weighted by molar-refractivity contribution is 8.00. The maximum Gasteiger partial charge on any atom is 0.243 e. The molecule has 1 aliphatic rings. The van der Waals surface area contributed by atoms with E-state index in [0.717, 1.165) is 41.8 Å². The Morgan fingerprint density at radius 1 is 0.875 bits per heavy atom. The molecule has 2 amide bonds. The lowest BCUT2D eigenvalue weighted by Gasteiger charge is -2.21. The van der Waals surface area contributed by atoms with E-state index in [4.69, 9.17) is 0 Å². The Morgan fingerprint density at radius 3 is 2.41 bits per heavy atom. The van der Waals surface area contributed by atoms with E-state index in [2.05, 4.69) is 15.6 Å². The molecular formula is C26H27N3O2S. The van der Waals surface area contributed by atoms with Crippen molar-refractivity contribution < 1.29 is 9.59 Å². The van der Waals surface area contributed by atoms with Crippen LogP contribution in [0.25, 0.3) is 0 Å². The van der Waals surface area contributed by atoms with E-state index in [-0.39, 0.29) is 17.7 Å². The molecule has 1 fully saturated rings. The van der Waals surface area contributed by atoms with Gasteiger partial charge in [0.15, 0.2) is 0 Å². The summed E-state index contributed by atoms with van der Waals surface area (Å²) in [6, 6.07) is 22.8. The summed E-state index contributed by atoms with van der Waals surface area (Å²) in [5, 5.41) is 5.53. The zero-order valence-corrected chi connectivity index (χ0v) is 18.7. The lowest BCUT2D eigenvalue weighted by atomic mass is 9.88. The second-order valence-electron chi connectivity index (χ2n) is 7.96. The molecule has 1 saturated carbocycles. The van der Waals surface area contributed by atoms with Crippen molar-refractivity contribution >= 4 is 35.1 Å². The predicted molar refractivity (Wildman–Crippen MR) is 130 cm³/mol. The van der Waals surface area contributed by atoms with Crippen molar-refractivity contribution in [2.75, 3.05) is 10.6 Å². The van der Waals surface area contributed by atoms with Crippen LogP contribution < -0.4 is 10.6 Å². The first-order valence-electron chi connectivity index (χ1n) is 11.0. The Hall–Kier alpha value is -3.12. The summed E-state index contributed by atoms with van der Waals surface area (Å²) in [5.74, 6) is 0.574. The Balaban J connectivity index is 1.50. The van der Waals surface area contributed by atoms with Crippen LogP contribution in [0.1, 0.15) is 42.9 Å². The molecule has 3 aromatic rings. The van der Waals surface area contributed by atoms with E-state index in [1.807, 2.05) is 66.7 Å². The number of benzene rings is 2. The molecule has 1 aromatic heterocycles. The van der Waals surface area contributed by atoms with Crippen LogP contribution in [0.4, 0.5) is 11.5 Å². The van der Waals surface area contributed by atoms with E-state index < -0.39 is 5.25 Å². The van der Waals surface area contributed by atoms with Crippen LogP contribution >= 0.6 is 11.8 Å². The largest absolute Gasteiger partial charge is 0.326 e. The minimum Gasteiger partial charge on any atom is -0.326 e.